The lowest BCUT2D eigenvalue weighted by molar-refractivity contribution is 1.08. The number of nitrogen functional groups attached to an aromatic ring is 1. The maximum absolute atomic E-state index is 5.69. The third-order valence-corrected chi connectivity index (χ3v) is 3.47. The predicted molar refractivity (Wildman–Crippen MR) is 67.6 cm³/mol. The van der Waals surface area contributed by atoms with Crippen LogP contribution in [0.5, 0.6) is 0 Å². The fourth-order valence-electron chi connectivity index (χ4n) is 1.37. The van der Waals surface area contributed by atoms with Gasteiger partial charge in [-0.25, -0.2) is 0 Å². The highest BCUT2D eigenvalue weighted by Crippen LogP contribution is 2.25. The Morgan fingerprint density at radius 3 is 2.88 bits per heavy atom. The predicted octanol–water partition coefficient (Wildman–Crippen LogP) is 2.35. The van der Waals surface area contributed by atoms with Gasteiger partial charge in [-0.2, -0.15) is 4.37 Å². The smallest absolute Gasteiger partial charge is 0.142 e. The third kappa shape index (κ3) is 2.14. The monoisotopic (exact) mass is 234 g/mol. The zero-order valence-electron chi connectivity index (χ0n) is 9.32. The summed E-state index contributed by atoms with van der Waals surface area (Å²) in [6.07, 6.45) is 3.68. The lowest BCUT2D eigenvalue weighted by Crippen LogP contribution is -2.01. The van der Waals surface area contributed by atoms with Crippen molar-refractivity contribution in [3.05, 3.63) is 35.2 Å². The van der Waals surface area contributed by atoms with Crippen LogP contribution in [0.15, 0.2) is 18.5 Å². The van der Waals surface area contributed by atoms with Gasteiger partial charge in [0.1, 0.15) is 10.8 Å². The van der Waals surface area contributed by atoms with E-state index in [4.69, 9.17) is 5.73 Å². The summed E-state index contributed by atoms with van der Waals surface area (Å²) in [6.45, 7) is 4.80. The maximum atomic E-state index is 5.69. The Morgan fingerprint density at radius 2 is 2.25 bits per heavy atom. The topological polar surface area (TPSA) is 63.8 Å². The van der Waals surface area contributed by atoms with Gasteiger partial charge in [-0.15, -0.1) is 0 Å². The Kier molecular flexibility index (Phi) is 3.05. The van der Waals surface area contributed by atoms with E-state index in [1.807, 2.05) is 19.2 Å². The highest BCUT2D eigenvalue weighted by molar-refractivity contribution is 7.10. The molecule has 3 N–H and O–H groups in total. The Hall–Kier alpha value is -1.62. The number of aryl methyl sites for hydroxylation is 1. The standard InChI is InChI=1S/C11H14N4S/c1-7-3-4-13-5-9(7)6-14-11-8(2)10(12)15-16-11/h3-5,14H,6H2,1-2H3,(H2,12,15). The summed E-state index contributed by atoms with van der Waals surface area (Å²) < 4.78 is 4.09. The molecule has 0 aliphatic heterocycles. The van der Waals surface area contributed by atoms with E-state index in [1.54, 1.807) is 6.20 Å². The van der Waals surface area contributed by atoms with Gasteiger partial charge in [-0.3, -0.25) is 4.98 Å². The molecule has 4 nitrogen and oxygen atoms in total. The molecule has 2 rings (SSSR count). The molecule has 0 aliphatic carbocycles. The fourth-order valence-corrected chi connectivity index (χ4v) is 2.07. The molecule has 2 aromatic rings. The summed E-state index contributed by atoms with van der Waals surface area (Å²) in [6, 6.07) is 2.00. The van der Waals surface area contributed by atoms with Crippen molar-refractivity contribution in [2.24, 2.45) is 0 Å². The van der Waals surface area contributed by atoms with Crippen LogP contribution < -0.4 is 11.1 Å². The molecule has 2 aromatic heterocycles. The largest absolute Gasteiger partial charge is 0.383 e. The molecule has 0 atom stereocenters. The first-order valence-corrected chi connectivity index (χ1v) is 5.81. The molecule has 0 amide bonds. The van der Waals surface area contributed by atoms with E-state index in [0.717, 1.165) is 17.1 Å². The van der Waals surface area contributed by atoms with Crippen LogP contribution in [0, 0.1) is 13.8 Å². The highest BCUT2D eigenvalue weighted by Gasteiger charge is 2.06. The van der Waals surface area contributed by atoms with Gasteiger partial charge in [0.05, 0.1) is 0 Å². The lowest BCUT2D eigenvalue weighted by atomic mass is 10.1. The number of nitrogens with zero attached hydrogens (tertiary/aromatic N) is 2. The van der Waals surface area contributed by atoms with E-state index in [-0.39, 0.29) is 0 Å². The van der Waals surface area contributed by atoms with Crippen molar-refractivity contribution in [1.29, 1.82) is 0 Å². The first-order valence-electron chi connectivity index (χ1n) is 5.03. The Balaban J connectivity index is 2.08. The van der Waals surface area contributed by atoms with Gasteiger partial charge in [0.15, 0.2) is 0 Å². The minimum Gasteiger partial charge on any atom is -0.383 e. The van der Waals surface area contributed by atoms with E-state index in [0.29, 0.717) is 5.82 Å². The van der Waals surface area contributed by atoms with Gasteiger partial charge < -0.3 is 11.1 Å². The summed E-state index contributed by atoms with van der Waals surface area (Å²) in [5.74, 6) is 0.607. The molecule has 0 unspecified atom stereocenters. The van der Waals surface area contributed by atoms with Crippen molar-refractivity contribution in [1.82, 2.24) is 9.36 Å². The van der Waals surface area contributed by atoms with Gasteiger partial charge in [0, 0.05) is 24.5 Å². The molecule has 0 spiro atoms. The number of hydrogen-bond donors (Lipinski definition) is 2. The quantitative estimate of drug-likeness (QED) is 0.855. The van der Waals surface area contributed by atoms with Gasteiger partial charge in [0.25, 0.3) is 0 Å². The van der Waals surface area contributed by atoms with Crippen molar-refractivity contribution in [2.45, 2.75) is 20.4 Å². The highest BCUT2D eigenvalue weighted by atomic mass is 32.1. The zero-order chi connectivity index (χ0) is 11.5. The number of aromatic nitrogens is 2. The SMILES string of the molecule is Cc1ccncc1CNc1snc(N)c1C. The number of anilines is 2. The number of hydrogen-bond acceptors (Lipinski definition) is 5. The van der Waals surface area contributed by atoms with Gasteiger partial charge in [-0.1, -0.05) is 0 Å². The van der Waals surface area contributed by atoms with E-state index in [1.165, 1.54) is 22.7 Å². The average Bonchev–Trinajstić information content (AvgIpc) is 2.59. The molecule has 5 heteroatoms. The summed E-state index contributed by atoms with van der Waals surface area (Å²) in [5.41, 5.74) is 9.13. The Morgan fingerprint density at radius 1 is 1.44 bits per heavy atom. The van der Waals surface area contributed by atoms with Crippen molar-refractivity contribution >= 4 is 22.4 Å². The molecule has 0 saturated heterocycles. The zero-order valence-corrected chi connectivity index (χ0v) is 10.1. The van der Waals surface area contributed by atoms with Crippen LogP contribution in [0.4, 0.5) is 10.8 Å². The minimum atomic E-state index is 0.607. The van der Waals surface area contributed by atoms with Crippen molar-refractivity contribution < 1.29 is 0 Å². The van der Waals surface area contributed by atoms with Crippen LogP contribution in [0.25, 0.3) is 0 Å². The molecule has 0 aromatic carbocycles. The van der Waals surface area contributed by atoms with Crippen molar-refractivity contribution in [3.8, 4) is 0 Å². The number of nitrogens with one attached hydrogen (secondary N) is 1. The molecule has 2 heterocycles. The van der Waals surface area contributed by atoms with E-state index in [2.05, 4.69) is 21.6 Å². The molecule has 0 radical (unpaired) electrons. The molecular weight excluding hydrogens is 220 g/mol. The summed E-state index contributed by atoms with van der Waals surface area (Å²) in [5, 5.41) is 4.36. The third-order valence-electron chi connectivity index (χ3n) is 2.55. The van der Waals surface area contributed by atoms with Crippen LogP contribution in [0.2, 0.25) is 0 Å². The van der Waals surface area contributed by atoms with E-state index < -0.39 is 0 Å². The van der Waals surface area contributed by atoms with E-state index in [9.17, 15) is 0 Å². The van der Waals surface area contributed by atoms with Crippen molar-refractivity contribution in [3.63, 3.8) is 0 Å². The summed E-state index contributed by atoms with van der Waals surface area (Å²) in [7, 11) is 0. The normalized spacial score (nSPS) is 10.4. The van der Waals surface area contributed by atoms with Gasteiger partial charge in [0.2, 0.25) is 0 Å². The molecule has 0 fully saturated rings. The number of nitrogens with two attached hydrogens (primary N) is 1. The second kappa shape index (κ2) is 4.49. The number of rotatable bonds is 3. The van der Waals surface area contributed by atoms with Crippen LogP contribution in [-0.4, -0.2) is 9.36 Å². The molecule has 0 bridgehead atoms. The van der Waals surface area contributed by atoms with E-state index >= 15 is 0 Å². The number of pyridine rings is 1. The summed E-state index contributed by atoms with van der Waals surface area (Å²) in [4.78, 5) is 4.11. The first-order chi connectivity index (χ1) is 7.68. The van der Waals surface area contributed by atoms with Gasteiger partial charge in [-0.05, 0) is 42.6 Å². The maximum Gasteiger partial charge on any atom is 0.142 e. The van der Waals surface area contributed by atoms with Crippen LogP contribution in [0.3, 0.4) is 0 Å². The van der Waals surface area contributed by atoms with Crippen LogP contribution >= 0.6 is 11.5 Å². The molecule has 16 heavy (non-hydrogen) atoms. The van der Waals surface area contributed by atoms with Gasteiger partial charge >= 0.3 is 0 Å². The second-order valence-corrected chi connectivity index (χ2v) is 4.45. The molecule has 84 valence electrons. The Bertz CT molecular complexity index is 492. The average molecular weight is 234 g/mol. The fraction of sp³-hybridized carbons (Fsp3) is 0.273. The van der Waals surface area contributed by atoms with Crippen LogP contribution in [-0.2, 0) is 6.54 Å². The Labute approximate surface area is 98.7 Å². The minimum absolute atomic E-state index is 0.607. The van der Waals surface area contributed by atoms with Crippen molar-refractivity contribution in [2.75, 3.05) is 11.1 Å². The molecule has 0 saturated carbocycles. The van der Waals surface area contributed by atoms with Crippen LogP contribution in [0.1, 0.15) is 16.7 Å². The molecule has 0 aliphatic rings. The molecular formula is C11H14N4S. The lowest BCUT2D eigenvalue weighted by Gasteiger charge is -2.06. The summed E-state index contributed by atoms with van der Waals surface area (Å²) >= 11 is 1.39. The second-order valence-electron chi connectivity index (χ2n) is 3.68. The first kappa shape index (κ1) is 10.9.